The average molecular weight is 460 g/mol. The van der Waals surface area contributed by atoms with E-state index in [0.717, 1.165) is 17.0 Å². The Morgan fingerprint density at radius 3 is 2.60 bits per heavy atom. The lowest BCUT2D eigenvalue weighted by Crippen LogP contribution is -2.14. The number of halogens is 2. The number of hydrogen-bond acceptors (Lipinski definition) is 6. The van der Waals surface area contributed by atoms with Crippen molar-refractivity contribution >= 4 is 52.2 Å². The monoisotopic (exact) mass is 459 g/mol. The molecule has 2 heterocycles. The van der Waals surface area contributed by atoms with Gasteiger partial charge in [-0.15, -0.1) is 10.2 Å². The molecule has 2 aromatic heterocycles. The smallest absolute Gasteiger partial charge is 0.234 e. The van der Waals surface area contributed by atoms with E-state index in [9.17, 15) is 4.79 Å². The summed E-state index contributed by atoms with van der Waals surface area (Å²) in [5.41, 5.74) is 2.85. The van der Waals surface area contributed by atoms with Crippen LogP contribution < -0.4 is 10.1 Å². The Kier molecular flexibility index (Phi) is 6.08. The minimum Gasteiger partial charge on any atom is -0.497 e. The third kappa shape index (κ3) is 4.51. The predicted molar refractivity (Wildman–Crippen MR) is 119 cm³/mol. The van der Waals surface area contributed by atoms with E-state index in [4.69, 9.17) is 27.9 Å². The van der Waals surface area contributed by atoms with Gasteiger partial charge in [-0.2, -0.15) is 9.61 Å². The third-order valence-corrected chi connectivity index (χ3v) is 5.81. The molecule has 0 unspecified atom stereocenters. The molecule has 1 amide bonds. The Balaban J connectivity index is 1.48. The zero-order valence-corrected chi connectivity index (χ0v) is 18.0. The summed E-state index contributed by atoms with van der Waals surface area (Å²) in [7, 11) is 1.62. The predicted octanol–water partition coefficient (Wildman–Crippen LogP) is 4.84. The molecule has 4 aromatic rings. The van der Waals surface area contributed by atoms with Gasteiger partial charge in [-0.3, -0.25) is 4.79 Å². The van der Waals surface area contributed by atoms with Crippen LogP contribution in [0.3, 0.4) is 0 Å². The third-order valence-electron chi connectivity index (χ3n) is 4.16. The van der Waals surface area contributed by atoms with Gasteiger partial charge < -0.3 is 10.1 Å². The fraction of sp³-hybridized carbons (Fsp3) is 0.100. The first-order chi connectivity index (χ1) is 14.5. The lowest BCUT2D eigenvalue weighted by molar-refractivity contribution is -0.113. The molecule has 152 valence electrons. The molecular weight excluding hydrogens is 445 g/mol. The normalized spacial score (nSPS) is 10.9. The summed E-state index contributed by atoms with van der Waals surface area (Å²) in [6, 6.07) is 16.2. The van der Waals surface area contributed by atoms with Crippen molar-refractivity contribution in [1.29, 1.82) is 0 Å². The van der Waals surface area contributed by atoms with Gasteiger partial charge in [-0.1, -0.05) is 35.0 Å². The van der Waals surface area contributed by atoms with Gasteiger partial charge in [0.1, 0.15) is 5.75 Å². The zero-order valence-electron chi connectivity index (χ0n) is 15.7. The summed E-state index contributed by atoms with van der Waals surface area (Å²) in [4.78, 5) is 12.3. The summed E-state index contributed by atoms with van der Waals surface area (Å²) >= 11 is 13.1. The van der Waals surface area contributed by atoms with E-state index in [1.165, 1.54) is 11.8 Å². The van der Waals surface area contributed by atoms with Crippen LogP contribution in [0.25, 0.3) is 16.9 Å². The molecule has 0 saturated heterocycles. The number of carbonyl (C=O) groups is 1. The van der Waals surface area contributed by atoms with Crippen molar-refractivity contribution in [1.82, 2.24) is 19.8 Å². The Bertz CT molecular complexity index is 1210. The summed E-state index contributed by atoms with van der Waals surface area (Å²) in [6.45, 7) is 0. The van der Waals surface area contributed by atoms with Gasteiger partial charge >= 0.3 is 0 Å². The quantitative estimate of drug-likeness (QED) is 0.415. The van der Waals surface area contributed by atoms with Crippen molar-refractivity contribution in [2.24, 2.45) is 0 Å². The van der Waals surface area contributed by atoms with E-state index in [0.29, 0.717) is 26.5 Å². The van der Waals surface area contributed by atoms with Crippen LogP contribution in [0, 0.1) is 0 Å². The number of thioether (sulfide) groups is 1. The molecule has 0 bridgehead atoms. The Hall–Kier alpha value is -2.81. The van der Waals surface area contributed by atoms with E-state index >= 15 is 0 Å². The van der Waals surface area contributed by atoms with E-state index < -0.39 is 0 Å². The topological polar surface area (TPSA) is 81.4 Å². The van der Waals surface area contributed by atoms with Crippen molar-refractivity contribution in [3.8, 4) is 17.0 Å². The Labute approximate surface area is 186 Å². The van der Waals surface area contributed by atoms with E-state index in [2.05, 4.69) is 20.6 Å². The maximum absolute atomic E-state index is 12.3. The molecule has 0 aliphatic heterocycles. The van der Waals surface area contributed by atoms with Gasteiger partial charge in [0.25, 0.3) is 0 Å². The number of benzene rings is 2. The number of fused-ring (bicyclic) bond motifs is 1. The largest absolute Gasteiger partial charge is 0.497 e. The molecular formula is C20H15Cl2N5O2S. The first-order valence-electron chi connectivity index (χ1n) is 8.78. The van der Waals surface area contributed by atoms with Crippen LogP contribution in [0.4, 0.5) is 5.69 Å². The number of methoxy groups -OCH3 is 1. The highest BCUT2D eigenvalue weighted by atomic mass is 35.5. The van der Waals surface area contributed by atoms with Crippen molar-refractivity contribution in [3.63, 3.8) is 0 Å². The highest BCUT2D eigenvalue weighted by Crippen LogP contribution is 2.26. The summed E-state index contributed by atoms with van der Waals surface area (Å²) < 4.78 is 6.81. The van der Waals surface area contributed by atoms with Crippen LogP contribution in [-0.2, 0) is 4.79 Å². The number of nitrogens with one attached hydrogen (secondary N) is 1. The molecule has 7 nitrogen and oxygen atoms in total. The average Bonchev–Trinajstić information content (AvgIpc) is 3.17. The van der Waals surface area contributed by atoms with Crippen LogP contribution in [0.1, 0.15) is 0 Å². The second kappa shape index (κ2) is 8.91. The molecule has 0 aliphatic carbocycles. The number of rotatable bonds is 6. The maximum Gasteiger partial charge on any atom is 0.234 e. The number of ether oxygens (including phenoxy) is 1. The molecule has 4 rings (SSSR count). The molecule has 30 heavy (non-hydrogen) atoms. The molecule has 0 atom stereocenters. The van der Waals surface area contributed by atoms with Gasteiger partial charge in [0.15, 0.2) is 5.65 Å². The van der Waals surface area contributed by atoms with E-state index in [1.54, 1.807) is 29.8 Å². The number of amides is 1. The van der Waals surface area contributed by atoms with Crippen LogP contribution in [-0.4, -0.2) is 38.6 Å². The van der Waals surface area contributed by atoms with Gasteiger partial charge in [0, 0.05) is 11.3 Å². The Morgan fingerprint density at radius 1 is 1.07 bits per heavy atom. The Morgan fingerprint density at radius 2 is 1.87 bits per heavy atom. The van der Waals surface area contributed by atoms with Crippen molar-refractivity contribution in [2.45, 2.75) is 5.16 Å². The van der Waals surface area contributed by atoms with Crippen LogP contribution in [0.5, 0.6) is 5.75 Å². The molecule has 2 aromatic carbocycles. The number of aromatic nitrogens is 4. The van der Waals surface area contributed by atoms with Crippen molar-refractivity contribution in [3.05, 3.63) is 64.6 Å². The molecule has 0 fully saturated rings. The molecule has 1 N–H and O–H groups in total. The summed E-state index contributed by atoms with van der Waals surface area (Å²) in [5.74, 6) is 0.699. The molecule has 0 radical (unpaired) electrons. The highest BCUT2D eigenvalue weighted by Gasteiger charge is 2.12. The number of carbonyl (C=O) groups excluding carboxylic acids is 1. The number of anilines is 1. The fourth-order valence-corrected chi connectivity index (χ4v) is 3.66. The highest BCUT2D eigenvalue weighted by molar-refractivity contribution is 7.99. The first-order valence-corrected chi connectivity index (χ1v) is 10.5. The molecule has 0 spiro atoms. The minimum atomic E-state index is -0.207. The van der Waals surface area contributed by atoms with Gasteiger partial charge in [-0.05, 0) is 54.6 Å². The van der Waals surface area contributed by atoms with Gasteiger partial charge in [-0.25, -0.2) is 0 Å². The standard InChI is InChI=1S/C20H15Cl2N5O2S/c1-29-14-5-2-12(3-6-14)17-8-9-18-24-25-20(27(18)26-17)30-11-19(28)23-13-4-7-15(21)16(22)10-13/h2-10H,11H2,1H3,(H,23,28). The minimum absolute atomic E-state index is 0.134. The van der Waals surface area contributed by atoms with Crippen LogP contribution >= 0.6 is 35.0 Å². The summed E-state index contributed by atoms with van der Waals surface area (Å²) in [5, 5.41) is 17.0. The fourth-order valence-electron chi connectivity index (χ4n) is 2.68. The number of nitrogens with zero attached hydrogens (tertiary/aromatic N) is 4. The molecule has 0 saturated carbocycles. The SMILES string of the molecule is COc1ccc(-c2ccc3nnc(SCC(=O)Nc4ccc(Cl)c(Cl)c4)n3n2)cc1. The van der Waals surface area contributed by atoms with Crippen molar-refractivity contribution < 1.29 is 9.53 Å². The molecule has 0 aliphatic rings. The second-order valence-corrected chi connectivity index (χ2v) is 7.92. The zero-order chi connectivity index (χ0) is 21.1. The van der Waals surface area contributed by atoms with Crippen LogP contribution in [0.2, 0.25) is 10.0 Å². The number of hydrogen-bond donors (Lipinski definition) is 1. The lowest BCUT2D eigenvalue weighted by atomic mass is 10.1. The van der Waals surface area contributed by atoms with Crippen LogP contribution in [0.15, 0.2) is 59.8 Å². The molecule has 10 heteroatoms. The van der Waals surface area contributed by atoms with E-state index in [1.807, 2.05) is 36.4 Å². The maximum atomic E-state index is 12.3. The van der Waals surface area contributed by atoms with Gasteiger partial charge in [0.2, 0.25) is 11.1 Å². The summed E-state index contributed by atoms with van der Waals surface area (Å²) in [6.07, 6.45) is 0. The lowest BCUT2D eigenvalue weighted by Gasteiger charge is -2.06. The van der Waals surface area contributed by atoms with Crippen molar-refractivity contribution in [2.75, 3.05) is 18.2 Å². The first kappa shape index (κ1) is 20.5. The van der Waals surface area contributed by atoms with E-state index in [-0.39, 0.29) is 11.7 Å². The van der Waals surface area contributed by atoms with Gasteiger partial charge in [0.05, 0.1) is 28.6 Å². The second-order valence-electron chi connectivity index (χ2n) is 6.17.